The summed E-state index contributed by atoms with van der Waals surface area (Å²) in [4.78, 5) is 11.2. The Morgan fingerprint density at radius 1 is 1.42 bits per heavy atom. The number of carbonyl (C=O) groups excluding carboxylic acids is 1. The first-order chi connectivity index (χ1) is 5.49. The fraction of sp³-hybridized carbons (Fsp3) is 0.889. The zero-order valence-electron chi connectivity index (χ0n) is 8.20. The number of ether oxygens (including phenoxy) is 1. The van der Waals surface area contributed by atoms with Gasteiger partial charge in [-0.15, -0.1) is 0 Å². The number of carbonyl (C=O) groups is 1. The van der Waals surface area contributed by atoms with Crippen LogP contribution in [0.3, 0.4) is 0 Å². The molecule has 3 heteroatoms. The minimum atomic E-state index is -0.637. The first-order valence-electron chi connectivity index (χ1n) is 4.37. The Morgan fingerprint density at radius 2 is 1.92 bits per heavy atom. The van der Waals surface area contributed by atoms with Gasteiger partial charge < -0.3 is 9.84 Å². The summed E-state index contributed by atoms with van der Waals surface area (Å²) in [7, 11) is 0. The van der Waals surface area contributed by atoms with E-state index in [-0.39, 0.29) is 12.1 Å². The Hall–Kier alpha value is -0.570. The van der Waals surface area contributed by atoms with Gasteiger partial charge in [-0.05, 0) is 27.2 Å². The highest BCUT2D eigenvalue weighted by Gasteiger charge is 2.20. The second-order valence-corrected chi connectivity index (χ2v) is 3.19. The highest BCUT2D eigenvalue weighted by atomic mass is 16.5. The number of aliphatic hydroxyl groups is 1. The fourth-order valence-corrected chi connectivity index (χ4v) is 0.586. The van der Waals surface area contributed by atoms with Gasteiger partial charge in [0.25, 0.3) is 0 Å². The van der Waals surface area contributed by atoms with Crippen molar-refractivity contribution in [2.45, 2.75) is 46.3 Å². The minimum Gasteiger partial charge on any atom is -0.462 e. The highest BCUT2D eigenvalue weighted by Crippen LogP contribution is 2.07. The molecule has 0 fully saturated rings. The summed E-state index contributed by atoms with van der Waals surface area (Å²) >= 11 is 0. The Labute approximate surface area is 73.7 Å². The molecule has 0 spiro atoms. The molecule has 72 valence electrons. The van der Waals surface area contributed by atoms with Crippen molar-refractivity contribution in [2.24, 2.45) is 5.92 Å². The molecule has 0 bridgehead atoms. The van der Waals surface area contributed by atoms with E-state index in [0.29, 0.717) is 0 Å². The SMILES string of the molecule is CCC(C)OC(=O)[C@H](C)[C@@H](C)O. The molecular weight excluding hydrogens is 156 g/mol. The molecule has 0 amide bonds. The standard InChI is InChI=1S/C9H18O3/c1-5-6(2)12-9(11)7(3)8(4)10/h6-8,10H,5H2,1-4H3/t6?,7-,8-/m1/s1. The number of rotatable bonds is 4. The van der Waals surface area contributed by atoms with Gasteiger partial charge in [0.05, 0.1) is 18.1 Å². The van der Waals surface area contributed by atoms with Crippen LogP contribution in [0.15, 0.2) is 0 Å². The van der Waals surface area contributed by atoms with Crippen molar-refractivity contribution in [3.63, 3.8) is 0 Å². The van der Waals surface area contributed by atoms with Crippen molar-refractivity contribution >= 4 is 5.97 Å². The number of aliphatic hydroxyl groups excluding tert-OH is 1. The normalized spacial score (nSPS) is 18.1. The first-order valence-corrected chi connectivity index (χ1v) is 4.37. The lowest BCUT2D eigenvalue weighted by Crippen LogP contribution is -2.27. The van der Waals surface area contributed by atoms with Crippen LogP contribution >= 0.6 is 0 Å². The van der Waals surface area contributed by atoms with E-state index in [1.54, 1.807) is 13.8 Å². The fourth-order valence-electron chi connectivity index (χ4n) is 0.586. The van der Waals surface area contributed by atoms with Gasteiger partial charge in [0.1, 0.15) is 0 Å². The Balaban J connectivity index is 3.87. The van der Waals surface area contributed by atoms with E-state index in [1.165, 1.54) is 0 Å². The van der Waals surface area contributed by atoms with Crippen LogP contribution in [0.1, 0.15) is 34.1 Å². The average molecular weight is 174 g/mol. The van der Waals surface area contributed by atoms with E-state index in [0.717, 1.165) is 6.42 Å². The zero-order valence-corrected chi connectivity index (χ0v) is 8.20. The Kier molecular flexibility index (Phi) is 4.90. The largest absolute Gasteiger partial charge is 0.462 e. The smallest absolute Gasteiger partial charge is 0.311 e. The van der Waals surface area contributed by atoms with Gasteiger partial charge in [-0.25, -0.2) is 0 Å². The molecule has 0 aliphatic rings. The maximum atomic E-state index is 11.2. The van der Waals surface area contributed by atoms with Crippen molar-refractivity contribution in [1.29, 1.82) is 0 Å². The van der Waals surface area contributed by atoms with Crippen LogP contribution in [0, 0.1) is 5.92 Å². The Morgan fingerprint density at radius 3 is 2.25 bits per heavy atom. The third kappa shape index (κ3) is 3.72. The molecular formula is C9H18O3. The molecule has 3 nitrogen and oxygen atoms in total. The van der Waals surface area contributed by atoms with Gasteiger partial charge in [-0.3, -0.25) is 4.79 Å². The predicted octanol–water partition coefficient (Wildman–Crippen LogP) is 1.34. The van der Waals surface area contributed by atoms with E-state index in [4.69, 9.17) is 9.84 Å². The van der Waals surface area contributed by atoms with Crippen molar-refractivity contribution in [2.75, 3.05) is 0 Å². The van der Waals surface area contributed by atoms with Gasteiger partial charge in [-0.1, -0.05) is 6.92 Å². The quantitative estimate of drug-likeness (QED) is 0.654. The van der Waals surface area contributed by atoms with Crippen LogP contribution in [-0.2, 0) is 9.53 Å². The lowest BCUT2D eigenvalue weighted by atomic mass is 10.1. The third-order valence-electron chi connectivity index (χ3n) is 1.99. The van der Waals surface area contributed by atoms with Gasteiger partial charge in [0, 0.05) is 0 Å². The minimum absolute atomic E-state index is 0.0568. The summed E-state index contributed by atoms with van der Waals surface area (Å²) in [6.07, 6.45) is 0.110. The maximum Gasteiger partial charge on any atom is 0.311 e. The number of hydrogen-bond donors (Lipinski definition) is 1. The topological polar surface area (TPSA) is 46.5 Å². The second-order valence-electron chi connectivity index (χ2n) is 3.19. The van der Waals surface area contributed by atoms with Crippen LogP contribution in [0.25, 0.3) is 0 Å². The summed E-state index contributed by atoms with van der Waals surface area (Å²) in [6.45, 7) is 7.04. The van der Waals surface area contributed by atoms with Crippen LogP contribution in [0.4, 0.5) is 0 Å². The van der Waals surface area contributed by atoms with E-state index in [9.17, 15) is 4.79 Å². The molecule has 0 saturated heterocycles. The van der Waals surface area contributed by atoms with Gasteiger partial charge >= 0.3 is 5.97 Å². The summed E-state index contributed by atoms with van der Waals surface area (Å²) in [5.41, 5.74) is 0. The zero-order chi connectivity index (χ0) is 9.72. The number of hydrogen-bond acceptors (Lipinski definition) is 3. The molecule has 0 aromatic heterocycles. The van der Waals surface area contributed by atoms with Crippen LogP contribution in [0.2, 0.25) is 0 Å². The second kappa shape index (κ2) is 5.14. The van der Waals surface area contributed by atoms with Crippen molar-refractivity contribution in [3.05, 3.63) is 0 Å². The molecule has 0 aromatic carbocycles. The van der Waals surface area contributed by atoms with Crippen LogP contribution in [0.5, 0.6) is 0 Å². The van der Waals surface area contributed by atoms with E-state index in [1.807, 2.05) is 13.8 Å². The maximum absolute atomic E-state index is 11.2. The number of esters is 1. The average Bonchev–Trinajstić information content (AvgIpc) is 2.02. The molecule has 0 heterocycles. The van der Waals surface area contributed by atoms with Crippen LogP contribution in [-0.4, -0.2) is 23.3 Å². The third-order valence-corrected chi connectivity index (χ3v) is 1.99. The summed E-state index contributed by atoms with van der Waals surface area (Å²) in [5.74, 6) is -0.752. The molecule has 0 radical (unpaired) electrons. The predicted molar refractivity (Wildman–Crippen MR) is 46.7 cm³/mol. The lowest BCUT2D eigenvalue weighted by molar-refractivity contribution is -0.156. The molecule has 0 saturated carbocycles. The monoisotopic (exact) mass is 174 g/mol. The van der Waals surface area contributed by atoms with Crippen LogP contribution < -0.4 is 0 Å². The lowest BCUT2D eigenvalue weighted by Gasteiger charge is -2.16. The van der Waals surface area contributed by atoms with E-state index in [2.05, 4.69) is 0 Å². The molecule has 12 heavy (non-hydrogen) atoms. The molecule has 0 aliphatic heterocycles. The molecule has 3 atom stereocenters. The van der Waals surface area contributed by atoms with Crippen molar-refractivity contribution in [1.82, 2.24) is 0 Å². The molecule has 0 rings (SSSR count). The van der Waals surface area contributed by atoms with E-state index >= 15 is 0 Å². The van der Waals surface area contributed by atoms with Gasteiger partial charge in [0.15, 0.2) is 0 Å². The molecule has 1 N–H and O–H groups in total. The molecule has 0 aromatic rings. The van der Waals surface area contributed by atoms with Gasteiger partial charge in [0.2, 0.25) is 0 Å². The van der Waals surface area contributed by atoms with Crippen molar-refractivity contribution < 1.29 is 14.6 Å². The highest BCUT2D eigenvalue weighted by molar-refractivity contribution is 5.72. The molecule has 1 unspecified atom stereocenters. The first kappa shape index (κ1) is 11.4. The van der Waals surface area contributed by atoms with E-state index < -0.39 is 12.0 Å². The Bertz CT molecular complexity index is 143. The molecule has 0 aliphatic carbocycles. The summed E-state index contributed by atoms with van der Waals surface area (Å²) in [6, 6.07) is 0. The summed E-state index contributed by atoms with van der Waals surface area (Å²) < 4.78 is 5.02. The summed E-state index contributed by atoms with van der Waals surface area (Å²) in [5, 5.41) is 9.08. The van der Waals surface area contributed by atoms with Crippen molar-refractivity contribution in [3.8, 4) is 0 Å². The van der Waals surface area contributed by atoms with Gasteiger partial charge in [-0.2, -0.15) is 0 Å².